The Morgan fingerprint density at radius 1 is 1.37 bits per heavy atom. The van der Waals surface area contributed by atoms with E-state index in [1.54, 1.807) is 30.1 Å². The van der Waals surface area contributed by atoms with E-state index in [2.05, 4.69) is 10.4 Å². The predicted molar refractivity (Wildman–Crippen MR) is 108 cm³/mol. The van der Waals surface area contributed by atoms with Crippen molar-refractivity contribution in [3.05, 3.63) is 62.1 Å². The molecule has 1 unspecified atom stereocenters. The van der Waals surface area contributed by atoms with Gasteiger partial charge in [0.15, 0.2) is 0 Å². The number of thiophene rings is 1. The maximum absolute atomic E-state index is 13.4. The van der Waals surface area contributed by atoms with Crippen LogP contribution < -0.4 is 11.1 Å². The second-order valence-electron chi connectivity index (χ2n) is 6.14. The zero-order chi connectivity index (χ0) is 19.6. The Kier molecular flexibility index (Phi) is 6.52. The van der Waals surface area contributed by atoms with E-state index in [9.17, 15) is 9.50 Å². The van der Waals surface area contributed by atoms with Gasteiger partial charge in [-0.3, -0.25) is 10.00 Å². The van der Waals surface area contributed by atoms with E-state index >= 15 is 0 Å². The fourth-order valence-corrected chi connectivity index (χ4v) is 4.37. The van der Waals surface area contributed by atoms with Crippen LogP contribution in [0.3, 0.4) is 0 Å². The number of nitrogens with one attached hydrogen (secondary N) is 1. The highest BCUT2D eigenvalue weighted by atomic mass is 35.5. The number of nitrogens with two attached hydrogens (primary N) is 1. The first-order valence-electron chi connectivity index (χ1n) is 8.24. The minimum absolute atomic E-state index is 0.230. The molecule has 144 valence electrons. The molecule has 0 bridgehead atoms. The largest absolute Gasteiger partial charge is 0.373 e. The SMILES string of the molecule is Cn1ncc(Cl)c1-c1cc(C(O)N[C@H](CN)Cc2cccc(F)c2)sc1Cl. The Bertz CT molecular complexity index is 910. The predicted octanol–water partition coefficient (Wildman–Crippen LogP) is 3.75. The van der Waals surface area contributed by atoms with E-state index in [-0.39, 0.29) is 18.4 Å². The quantitative estimate of drug-likeness (QED) is 0.500. The first-order chi connectivity index (χ1) is 12.9. The number of aliphatic hydroxyl groups is 1. The highest BCUT2D eigenvalue weighted by Crippen LogP contribution is 2.40. The second-order valence-corrected chi connectivity index (χ2v) is 8.23. The Morgan fingerprint density at radius 3 is 2.78 bits per heavy atom. The lowest BCUT2D eigenvalue weighted by Crippen LogP contribution is -2.40. The van der Waals surface area contributed by atoms with Crippen LogP contribution in [0.4, 0.5) is 4.39 Å². The minimum atomic E-state index is -0.963. The molecule has 0 fully saturated rings. The van der Waals surface area contributed by atoms with Crippen molar-refractivity contribution >= 4 is 34.5 Å². The van der Waals surface area contributed by atoms with Crippen LogP contribution in [0.25, 0.3) is 11.3 Å². The lowest BCUT2D eigenvalue weighted by atomic mass is 10.1. The molecule has 27 heavy (non-hydrogen) atoms. The van der Waals surface area contributed by atoms with Gasteiger partial charge in [-0.15, -0.1) is 11.3 Å². The van der Waals surface area contributed by atoms with Crippen LogP contribution in [-0.4, -0.2) is 27.5 Å². The van der Waals surface area contributed by atoms with E-state index < -0.39 is 6.23 Å². The monoisotopic (exact) mass is 428 g/mol. The molecule has 0 aliphatic heterocycles. The van der Waals surface area contributed by atoms with Gasteiger partial charge in [-0.05, 0) is 30.2 Å². The van der Waals surface area contributed by atoms with Crippen LogP contribution in [0, 0.1) is 5.82 Å². The molecule has 9 heteroatoms. The summed E-state index contributed by atoms with van der Waals surface area (Å²) in [6, 6.07) is 7.88. The lowest BCUT2D eigenvalue weighted by Gasteiger charge is -2.20. The summed E-state index contributed by atoms with van der Waals surface area (Å²) in [7, 11) is 1.77. The van der Waals surface area contributed by atoms with Gasteiger partial charge >= 0.3 is 0 Å². The Labute approximate surface area is 170 Å². The van der Waals surface area contributed by atoms with E-state index in [0.717, 1.165) is 5.56 Å². The average molecular weight is 429 g/mol. The summed E-state index contributed by atoms with van der Waals surface area (Å²) in [5, 5.41) is 18.2. The fourth-order valence-electron chi connectivity index (χ4n) is 2.86. The van der Waals surface area contributed by atoms with Crippen LogP contribution in [0.5, 0.6) is 0 Å². The smallest absolute Gasteiger partial charge is 0.140 e. The normalized spacial score (nSPS) is 13.7. The van der Waals surface area contributed by atoms with Crippen molar-refractivity contribution in [2.45, 2.75) is 18.7 Å². The number of aromatic nitrogens is 2. The number of hydrogen-bond acceptors (Lipinski definition) is 5. The van der Waals surface area contributed by atoms with Crippen molar-refractivity contribution in [3.8, 4) is 11.3 Å². The van der Waals surface area contributed by atoms with Gasteiger partial charge in [-0.2, -0.15) is 5.10 Å². The number of aliphatic hydroxyl groups excluding tert-OH is 1. The molecule has 2 atom stereocenters. The third kappa shape index (κ3) is 4.68. The molecule has 3 rings (SSSR count). The Morgan fingerprint density at radius 2 is 2.15 bits per heavy atom. The molecule has 3 aromatic rings. The van der Waals surface area contributed by atoms with Crippen molar-refractivity contribution in [2.75, 3.05) is 6.54 Å². The van der Waals surface area contributed by atoms with E-state index in [1.165, 1.54) is 23.5 Å². The number of halogens is 3. The number of nitrogens with zero attached hydrogens (tertiary/aromatic N) is 2. The summed E-state index contributed by atoms with van der Waals surface area (Å²) in [4.78, 5) is 0.630. The third-order valence-electron chi connectivity index (χ3n) is 4.17. The van der Waals surface area contributed by atoms with Gasteiger partial charge in [0.05, 0.1) is 21.8 Å². The van der Waals surface area contributed by atoms with Crippen LogP contribution in [-0.2, 0) is 13.5 Å². The molecule has 0 aliphatic rings. The maximum atomic E-state index is 13.4. The molecular formula is C18H19Cl2FN4OS. The highest BCUT2D eigenvalue weighted by molar-refractivity contribution is 7.16. The maximum Gasteiger partial charge on any atom is 0.140 e. The van der Waals surface area contributed by atoms with Gasteiger partial charge in [0.1, 0.15) is 16.4 Å². The molecule has 0 radical (unpaired) electrons. The number of rotatable bonds is 7. The lowest BCUT2D eigenvalue weighted by molar-refractivity contribution is 0.127. The van der Waals surface area contributed by atoms with Crippen molar-refractivity contribution in [1.82, 2.24) is 15.1 Å². The van der Waals surface area contributed by atoms with Crippen molar-refractivity contribution < 1.29 is 9.50 Å². The summed E-state index contributed by atoms with van der Waals surface area (Å²) in [6.45, 7) is 0.285. The summed E-state index contributed by atoms with van der Waals surface area (Å²) in [5.74, 6) is -0.299. The molecule has 0 spiro atoms. The zero-order valence-electron chi connectivity index (χ0n) is 14.5. The van der Waals surface area contributed by atoms with E-state index in [1.807, 2.05) is 6.07 Å². The van der Waals surface area contributed by atoms with Gasteiger partial charge < -0.3 is 10.8 Å². The van der Waals surface area contributed by atoms with Crippen molar-refractivity contribution in [3.63, 3.8) is 0 Å². The molecular weight excluding hydrogens is 410 g/mol. The first-order valence-corrected chi connectivity index (χ1v) is 9.82. The molecule has 2 aromatic heterocycles. The molecule has 4 N–H and O–H groups in total. The van der Waals surface area contributed by atoms with Crippen molar-refractivity contribution in [1.29, 1.82) is 0 Å². The van der Waals surface area contributed by atoms with Crippen LogP contribution >= 0.6 is 34.5 Å². The van der Waals surface area contributed by atoms with Crippen molar-refractivity contribution in [2.24, 2.45) is 12.8 Å². The topological polar surface area (TPSA) is 76.1 Å². The zero-order valence-corrected chi connectivity index (χ0v) is 16.8. The summed E-state index contributed by atoms with van der Waals surface area (Å²) in [6.07, 6.45) is 1.07. The summed E-state index contributed by atoms with van der Waals surface area (Å²) in [5.41, 5.74) is 8.01. The fraction of sp³-hybridized carbons (Fsp3) is 0.278. The van der Waals surface area contributed by atoms with Gasteiger partial charge in [0, 0.05) is 25.2 Å². The standard InChI is InChI=1S/C18H19Cl2FN4OS/c1-25-16(14(19)9-23-25)13-7-15(27-17(13)20)18(26)24-12(8-22)6-10-3-2-4-11(21)5-10/h2-5,7,9,12,18,24,26H,6,8,22H2,1H3/t12-,18?/m0/s1. The number of benzene rings is 1. The Balaban J connectivity index is 1.75. The summed E-state index contributed by atoms with van der Waals surface area (Å²) < 4.78 is 15.5. The minimum Gasteiger partial charge on any atom is -0.373 e. The van der Waals surface area contributed by atoms with Gasteiger partial charge in [0.25, 0.3) is 0 Å². The molecule has 0 saturated heterocycles. The molecule has 0 amide bonds. The van der Waals surface area contributed by atoms with Crippen LogP contribution in [0.2, 0.25) is 9.36 Å². The van der Waals surface area contributed by atoms with Gasteiger partial charge in [-0.25, -0.2) is 4.39 Å². The van der Waals surface area contributed by atoms with Gasteiger partial charge in [-0.1, -0.05) is 35.3 Å². The number of aryl methyl sites for hydroxylation is 1. The second kappa shape index (κ2) is 8.68. The van der Waals surface area contributed by atoms with Crippen LogP contribution in [0.1, 0.15) is 16.7 Å². The number of hydrogen-bond donors (Lipinski definition) is 3. The average Bonchev–Trinajstić information content (AvgIpc) is 3.16. The molecule has 5 nitrogen and oxygen atoms in total. The van der Waals surface area contributed by atoms with E-state index in [0.29, 0.717) is 31.9 Å². The van der Waals surface area contributed by atoms with Gasteiger partial charge in [0.2, 0.25) is 0 Å². The van der Waals surface area contributed by atoms with E-state index in [4.69, 9.17) is 28.9 Å². The molecule has 0 saturated carbocycles. The molecule has 1 aromatic carbocycles. The summed E-state index contributed by atoms with van der Waals surface area (Å²) >= 11 is 13.8. The molecule has 2 heterocycles. The van der Waals surface area contributed by atoms with Crippen LogP contribution in [0.15, 0.2) is 36.5 Å². The molecule has 0 aliphatic carbocycles. The Hall–Kier alpha value is -1.48. The highest BCUT2D eigenvalue weighted by Gasteiger charge is 2.21. The first kappa shape index (κ1) is 20.3. The third-order valence-corrected chi connectivity index (χ3v) is 5.86.